The standard InChI is InChI=1S/C12H11ClN2OS/c1-2-15(9-6-4-3-5-7-9)12-14-11(16)8-10(13)17-12/h3-8H,2H2,1H3. The molecule has 0 fully saturated rings. The lowest BCUT2D eigenvalue weighted by Crippen LogP contribution is -2.19. The van der Waals surface area contributed by atoms with Crippen molar-refractivity contribution in [2.75, 3.05) is 11.4 Å². The molecule has 2 rings (SSSR count). The van der Waals surface area contributed by atoms with E-state index in [1.54, 1.807) is 0 Å². The summed E-state index contributed by atoms with van der Waals surface area (Å²) < 4.78 is 0.453. The van der Waals surface area contributed by atoms with Crippen molar-refractivity contribution in [1.29, 1.82) is 0 Å². The van der Waals surface area contributed by atoms with E-state index in [2.05, 4.69) is 4.98 Å². The zero-order chi connectivity index (χ0) is 12.3. The Morgan fingerprint density at radius 2 is 2.06 bits per heavy atom. The first-order chi connectivity index (χ1) is 8.20. The van der Waals surface area contributed by atoms with E-state index >= 15 is 0 Å². The van der Waals surface area contributed by atoms with E-state index in [1.807, 2.05) is 42.2 Å². The van der Waals surface area contributed by atoms with E-state index in [0.29, 0.717) is 9.47 Å². The van der Waals surface area contributed by atoms with Crippen molar-refractivity contribution in [3.63, 3.8) is 0 Å². The van der Waals surface area contributed by atoms with Crippen LogP contribution in [-0.2, 0) is 0 Å². The highest BCUT2D eigenvalue weighted by molar-refractivity contribution is 7.19. The number of hydrogen-bond acceptors (Lipinski definition) is 4. The van der Waals surface area contributed by atoms with Gasteiger partial charge in [0.25, 0.3) is 5.56 Å². The highest BCUT2D eigenvalue weighted by Crippen LogP contribution is 2.28. The van der Waals surface area contributed by atoms with Crippen LogP contribution in [0.4, 0.5) is 10.8 Å². The summed E-state index contributed by atoms with van der Waals surface area (Å²) in [4.78, 5) is 17.3. The van der Waals surface area contributed by atoms with Crippen LogP contribution < -0.4 is 10.5 Å². The summed E-state index contributed by atoms with van der Waals surface area (Å²) in [6.07, 6.45) is 0. The van der Waals surface area contributed by atoms with E-state index in [0.717, 1.165) is 12.2 Å². The van der Waals surface area contributed by atoms with Gasteiger partial charge in [0.1, 0.15) is 4.34 Å². The molecule has 0 aliphatic rings. The number of rotatable bonds is 3. The highest BCUT2D eigenvalue weighted by atomic mass is 35.5. The van der Waals surface area contributed by atoms with Crippen LogP contribution in [0.15, 0.2) is 41.2 Å². The molecule has 0 N–H and O–H groups in total. The zero-order valence-corrected chi connectivity index (χ0v) is 10.8. The second-order valence-electron chi connectivity index (χ2n) is 3.36. The Balaban J connectivity index is 2.46. The Morgan fingerprint density at radius 1 is 1.35 bits per heavy atom. The largest absolute Gasteiger partial charge is 0.318 e. The van der Waals surface area contributed by atoms with Crippen molar-refractivity contribution in [2.24, 2.45) is 0 Å². The Bertz CT molecular complexity index is 556. The molecule has 17 heavy (non-hydrogen) atoms. The maximum absolute atomic E-state index is 11.3. The minimum absolute atomic E-state index is 0.307. The molecule has 1 heterocycles. The highest BCUT2D eigenvalue weighted by Gasteiger charge is 2.10. The van der Waals surface area contributed by atoms with Crippen molar-refractivity contribution >= 4 is 33.8 Å². The summed E-state index contributed by atoms with van der Waals surface area (Å²) in [5.74, 6) is 0. The number of halogens is 1. The molecule has 0 atom stereocenters. The summed E-state index contributed by atoms with van der Waals surface area (Å²) in [6.45, 7) is 2.74. The molecule has 2 aromatic rings. The van der Waals surface area contributed by atoms with Crippen LogP contribution in [0.1, 0.15) is 6.92 Å². The van der Waals surface area contributed by atoms with Gasteiger partial charge in [-0.15, -0.1) is 0 Å². The minimum Gasteiger partial charge on any atom is -0.318 e. The van der Waals surface area contributed by atoms with Gasteiger partial charge in [-0.05, 0) is 19.1 Å². The van der Waals surface area contributed by atoms with Crippen LogP contribution >= 0.6 is 22.9 Å². The molecule has 0 aliphatic carbocycles. The maximum Gasteiger partial charge on any atom is 0.274 e. The van der Waals surface area contributed by atoms with Gasteiger partial charge in [0.15, 0.2) is 5.13 Å². The minimum atomic E-state index is -0.307. The van der Waals surface area contributed by atoms with E-state index in [4.69, 9.17) is 11.6 Å². The van der Waals surface area contributed by atoms with Crippen LogP contribution in [0.2, 0.25) is 4.34 Å². The zero-order valence-electron chi connectivity index (χ0n) is 9.26. The Labute approximate surface area is 108 Å². The third-order valence-corrected chi connectivity index (χ3v) is 3.39. The molecule has 0 aliphatic heterocycles. The monoisotopic (exact) mass is 266 g/mol. The maximum atomic E-state index is 11.3. The fourth-order valence-electron chi connectivity index (χ4n) is 1.51. The average Bonchev–Trinajstić information content (AvgIpc) is 2.30. The number of hydrogen-bond donors (Lipinski definition) is 0. The first kappa shape index (κ1) is 12.1. The molecule has 88 valence electrons. The molecule has 0 bridgehead atoms. The Kier molecular flexibility index (Phi) is 3.76. The molecule has 1 aromatic carbocycles. The average molecular weight is 267 g/mol. The van der Waals surface area contributed by atoms with Crippen molar-refractivity contribution < 1.29 is 0 Å². The van der Waals surface area contributed by atoms with Crippen molar-refractivity contribution in [3.8, 4) is 0 Å². The lowest BCUT2D eigenvalue weighted by atomic mass is 10.3. The number of nitrogens with zero attached hydrogens (tertiary/aromatic N) is 2. The second-order valence-corrected chi connectivity index (χ2v) is 5.00. The fraction of sp³-hybridized carbons (Fsp3) is 0.167. The van der Waals surface area contributed by atoms with E-state index in [-0.39, 0.29) is 5.56 Å². The molecule has 0 amide bonds. The van der Waals surface area contributed by atoms with Gasteiger partial charge in [-0.25, -0.2) is 0 Å². The molecular formula is C12H11ClN2OS. The SMILES string of the molecule is CCN(c1ccccc1)c1nc(=O)cc(Cl)s1. The summed E-state index contributed by atoms with van der Waals surface area (Å²) in [7, 11) is 0. The van der Waals surface area contributed by atoms with E-state index in [1.165, 1.54) is 17.4 Å². The number of para-hydroxylation sites is 1. The molecule has 0 spiro atoms. The van der Waals surface area contributed by atoms with Crippen molar-refractivity contribution in [2.45, 2.75) is 6.92 Å². The quantitative estimate of drug-likeness (QED) is 0.855. The predicted molar refractivity (Wildman–Crippen MR) is 72.5 cm³/mol. The molecule has 3 nitrogen and oxygen atoms in total. The van der Waals surface area contributed by atoms with E-state index in [9.17, 15) is 4.79 Å². The third-order valence-electron chi connectivity index (χ3n) is 2.25. The van der Waals surface area contributed by atoms with Gasteiger partial charge >= 0.3 is 0 Å². The van der Waals surface area contributed by atoms with Gasteiger partial charge in [0, 0.05) is 18.3 Å². The first-order valence-corrected chi connectivity index (χ1v) is 6.40. The number of aromatic nitrogens is 1. The number of anilines is 2. The van der Waals surface area contributed by atoms with Crippen LogP contribution in [0.5, 0.6) is 0 Å². The third kappa shape index (κ3) is 2.84. The van der Waals surface area contributed by atoms with E-state index < -0.39 is 0 Å². The Hall–Kier alpha value is -1.39. The molecule has 0 saturated carbocycles. The predicted octanol–water partition coefficient (Wildman–Crippen LogP) is 3.31. The summed E-state index contributed by atoms with van der Waals surface area (Å²) in [5.41, 5.74) is 0.693. The smallest absolute Gasteiger partial charge is 0.274 e. The summed E-state index contributed by atoms with van der Waals surface area (Å²) >= 11 is 7.19. The van der Waals surface area contributed by atoms with Gasteiger partial charge in [0.2, 0.25) is 0 Å². The summed E-state index contributed by atoms with van der Waals surface area (Å²) in [5, 5.41) is 0.621. The molecule has 0 radical (unpaired) electrons. The molecule has 0 saturated heterocycles. The molecule has 5 heteroatoms. The van der Waals surface area contributed by atoms with Gasteiger partial charge in [0.05, 0.1) is 0 Å². The van der Waals surface area contributed by atoms with Crippen LogP contribution in [0, 0.1) is 0 Å². The van der Waals surface area contributed by atoms with Crippen molar-refractivity contribution in [1.82, 2.24) is 4.98 Å². The van der Waals surface area contributed by atoms with Crippen LogP contribution in [-0.4, -0.2) is 11.5 Å². The lowest BCUT2D eigenvalue weighted by molar-refractivity contribution is 1.00. The van der Waals surface area contributed by atoms with Gasteiger partial charge < -0.3 is 4.90 Å². The lowest BCUT2D eigenvalue weighted by Gasteiger charge is -2.20. The fourth-order valence-corrected chi connectivity index (χ4v) is 2.63. The first-order valence-electron chi connectivity index (χ1n) is 5.21. The van der Waals surface area contributed by atoms with Crippen molar-refractivity contribution in [3.05, 3.63) is 51.1 Å². The topological polar surface area (TPSA) is 33.2 Å². The van der Waals surface area contributed by atoms with Crippen LogP contribution in [0.25, 0.3) is 0 Å². The Morgan fingerprint density at radius 3 is 2.65 bits per heavy atom. The normalized spacial score (nSPS) is 10.2. The molecular weight excluding hydrogens is 256 g/mol. The molecule has 1 aromatic heterocycles. The summed E-state index contributed by atoms with van der Waals surface area (Å²) in [6, 6.07) is 11.1. The van der Waals surface area contributed by atoms with Gasteiger partial charge in [-0.3, -0.25) is 4.79 Å². The second kappa shape index (κ2) is 5.29. The molecule has 0 unspecified atom stereocenters. The van der Waals surface area contributed by atoms with Crippen LogP contribution in [0.3, 0.4) is 0 Å². The van der Waals surface area contributed by atoms with Gasteiger partial charge in [-0.2, -0.15) is 4.98 Å². The van der Waals surface area contributed by atoms with Gasteiger partial charge in [-0.1, -0.05) is 41.1 Å². The number of benzene rings is 1.